The molecule has 146 valence electrons. The Balaban J connectivity index is 1.41. The highest BCUT2D eigenvalue weighted by Gasteiger charge is 2.30. The van der Waals surface area contributed by atoms with E-state index in [0.717, 1.165) is 27.3 Å². The van der Waals surface area contributed by atoms with Gasteiger partial charge in [-0.2, -0.15) is 0 Å². The lowest BCUT2D eigenvalue weighted by molar-refractivity contribution is -0.0242. The van der Waals surface area contributed by atoms with Crippen LogP contribution < -0.4 is 0 Å². The second kappa shape index (κ2) is 7.38. The number of rotatable bonds is 3. The number of carbonyl (C=O) groups is 1. The van der Waals surface area contributed by atoms with Crippen LogP contribution in [0.2, 0.25) is 0 Å². The number of nitrogens with zero attached hydrogens (tertiary/aromatic N) is 5. The summed E-state index contributed by atoms with van der Waals surface area (Å²) >= 11 is 1.48. The minimum atomic E-state index is -0.312. The van der Waals surface area contributed by atoms with Crippen LogP contribution in [-0.4, -0.2) is 50.3 Å². The van der Waals surface area contributed by atoms with Crippen molar-refractivity contribution in [3.8, 4) is 11.1 Å². The molecule has 1 aliphatic rings. The predicted octanol–water partition coefficient (Wildman–Crippen LogP) is 3.37. The van der Waals surface area contributed by atoms with Crippen molar-refractivity contribution in [1.29, 1.82) is 0 Å². The molecule has 29 heavy (non-hydrogen) atoms. The van der Waals surface area contributed by atoms with Gasteiger partial charge in [-0.1, -0.05) is 41.6 Å². The SMILES string of the molecule is Cc1nc(C(=O)N2CCO[C@@H](c3nnn4cc(-c5ccccc5)ccc34)C2)cs1. The molecule has 4 aromatic rings. The number of benzene rings is 1. The van der Waals surface area contributed by atoms with Gasteiger partial charge in [-0.15, -0.1) is 16.4 Å². The zero-order valence-electron chi connectivity index (χ0n) is 15.9. The smallest absolute Gasteiger partial charge is 0.273 e. The van der Waals surface area contributed by atoms with E-state index < -0.39 is 0 Å². The van der Waals surface area contributed by atoms with Crippen molar-refractivity contribution in [3.05, 3.63) is 70.4 Å². The Morgan fingerprint density at radius 3 is 2.83 bits per heavy atom. The Labute approximate surface area is 171 Å². The Kier molecular flexibility index (Phi) is 4.57. The molecular formula is C21H19N5O2S. The first-order chi connectivity index (χ1) is 14.2. The molecular weight excluding hydrogens is 386 g/mol. The standard InChI is InChI=1S/C21H19N5O2S/c1-14-22-17(13-29-14)21(27)25-9-10-28-19(12-25)20-18-8-7-16(11-26(18)24-23-20)15-5-3-2-4-6-15/h2-8,11,13,19H,9-10,12H2,1H3/t19-/m1/s1. The predicted molar refractivity (Wildman–Crippen MR) is 110 cm³/mol. The van der Waals surface area contributed by atoms with Crippen molar-refractivity contribution >= 4 is 22.8 Å². The van der Waals surface area contributed by atoms with Gasteiger partial charge in [0, 0.05) is 23.7 Å². The van der Waals surface area contributed by atoms with Gasteiger partial charge in [0.15, 0.2) is 0 Å². The highest BCUT2D eigenvalue weighted by atomic mass is 32.1. The number of thiazole rings is 1. The third-order valence-corrected chi connectivity index (χ3v) is 5.82. The maximum Gasteiger partial charge on any atom is 0.273 e. The summed E-state index contributed by atoms with van der Waals surface area (Å²) in [6.07, 6.45) is 1.65. The highest BCUT2D eigenvalue weighted by Crippen LogP contribution is 2.27. The third-order valence-electron chi connectivity index (χ3n) is 5.04. The molecule has 8 heteroatoms. The lowest BCUT2D eigenvalue weighted by atomic mass is 10.1. The average molecular weight is 405 g/mol. The fraction of sp³-hybridized carbons (Fsp3) is 0.238. The first-order valence-electron chi connectivity index (χ1n) is 9.42. The summed E-state index contributed by atoms with van der Waals surface area (Å²) in [6, 6.07) is 14.2. The van der Waals surface area contributed by atoms with Crippen LogP contribution in [0.4, 0.5) is 0 Å². The molecule has 0 spiro atoms. The quantitative estimate of drug-likeness (QED) is 0.523. The molecule has 1 aromatic carbocycles. The zero-order chi connectivity index (χ0) is 19.8. The van der Waals surface area contributed by atoms with Gasteiger partial charge in [-0.3, -0.25) is 4.79 Å². The maximum absolute atomic E-state index is 12.8. The lowest BCUT2D eigenvalue weighted by Crippen LogP contribution is -2.42. The van der Waals surface area contributed by atoms with Crippen LogP contribution in [0.15, 0.2) is 54.0 Å². The molecule has 0 bridgehead atoms. The van der Waals surface area contributed by atoms with Crippen LogP contribution in [0.5, 0.6) is 0 Å². The molecule has 1 fully saturated rings. The number of aromatic nitrogens is 4. The average Bonchev–Trinajstić information content (AvgIpc) is 3.39. The van der Waals surface area contributed by atoms with E-state index in [9.17, 15) is 4.79 Å². The topological polar surface area (TPSA) is 72.6 Å². The van der Waals surface area contributed by atoms with E-state index in [4.69, 9.17) is 4.74 Å². The number of carbonyl (C=O) groups excluding carboxylic acids is 1. The van der Waals surface area contributed by atoms with Gasteiger partial charge in [-0.05, 0) is 18.6 Å². The molecule has 5 rings (SSSR count). The maximum atomic E-state index is 12.8. The Bertz CT molecular complexity index is 1170. The second-order valence-corrected chi connectivity index (χ2v) is 8.01. The molecule has 0 aliphatic carbocycles. The third kappa shape index (κ3) is 3.41. The first-order valence-corrected chi connectivity index (χ1v) is 10.3. The summed E-state index contributed by atoms with van der Waals surface area (Å²) in [6.45, 7) is 3.34. The molecule has 1 atom stereocenters. The van der Waals surface area contributed by atoms with Crippen molar-refractivity contribution in [2.45, 2.75) is 13.0 Å². The molecule has 0 N–H and O–H groups in total. The van der Waals surface area contributed by atoms with Crippen LogP contribution in [0.25, 0.3) is 16.6 Å². The van der Waals surface area contributed by atoms with Crippen LogP contribution in [0, 0.1) is 6.92 Å². The number of amides is 1. The van der Waals surface area contributed by atoms with Gasteiger partial charge >= 0.3 is 0 Å². The minimum absolute atomic E-state index is 0.0644. The molecule has 7 nitrogen and oxygen atoms in total. The Hall–Kier alpha value is -3.10. The molecule has 0 saturated carbocycles. The summed E-state index contributed by atoms with van der Waals surface area (Å²) in [7, 11) is 0. The summed E-state index contributed by atoms with van der Waals surface area (Å²) in [5.41, 5.74) is 4.31. The van der Waals surface area contributed by atoms with Crippen LogP contribution in [0.3, 0.4) is 0 Å². The summed E-state index contributed by atoms with van der Waals surface area (Å²) < 4.78 is 7.71. The van der Waals surface area contributed by atoms with Gasteiger partial charge in [0.05, 0.1) is 23.7 Å². The number of hydrogen-bond donors (Lipinski definition) is 0. The number of morpholine rings is 1. The molecule has 4 heterocycles. The minimum Gasteiger partial charge on any atom is -0.368 e. The molecule has 1 amide bonds. The number of fused-ring (bicyclic) bond motifs is 1. The largest absolute Gasteiger partial charge is 0.368 e. The van der Waals surface area contributed by atoms with Gasteiger partial charge < -0.3 is 9.64 Å². The fourth-order valence-corrected chi connectivity index (χ4v) is 4.15. The van der Waals surface area contributed by atoms with Crippen molar-refractivity contribution in [3.63, 3.8) is 0 Å². The van der Waals surface area contributed by atoms with Crippen LogP contribution in [0.1, 0.15) is 27.3 Å². The van der Waals surface area contributed by atoms with E-state index in [-0.39, 0.29) is 12.0 Å². The van der Waals surface area contributed by atoms with Gasteiger partial charge in [0.2, 0.25) is 0 Å². The molecule has 1 saturated heterocycles. The highest BCUT2D eigenvalue weighted by molar-refractivity contribution is 7.09. The number of aryl methyl sites for hydroxylation is 1. The van der Waals surface area contributed by atoms with E-state index >= 15 is 0 Å². The lowest BCUT2D eigenvalue weighted by Gasteiger charge is -2.31. The molecule has 0 radical (unpaired) electrons. The first kappa shape index (κ1) is 18.0. The van der Waals surface area contributed by atoms with Gasteiger partial charge in [0.1, 0.15) is 17.5 Å². The zero-order valence-corrected chi connectivity index (χ0v) is 16.7. The number of ether oxygens (including phenoxy) is 1. The van der Waals surface area contributed by atoms with Gasteiger partial charge in [-0.25, -0.2) is 9.50 Å². The van der Waals surface area contributed by atoms with Crippen molar-refractivity contribution in [1.82, 2.24) is 24.7 Å². The second-order valence-electron chi connectivity index (χ2n) is 6.95. The normalized spacial score (nSPS) is 17.0. The molecule has 3 aromatic heterocycles. The number of hydrogen-bond acceptors (Lipinski definition) is 6. The van der Waals surface area contributed by atoms with E-state index in [2.05, 4.69) is 33.5 Å². The molecule has 0 unspecified atom stereocenters. The van der Waals surface area contributed by atoms with Gasteiger partial charge in [0.25, 0.3) is 5.91 Å². The van der Waals surface area contributed by atoms with Crippen molar-refractivity contribution in [2.24, 2.45) is 0 Å². The van der Waals surface area contributed by atoms with E-state index in [1.807, 2.05) is 37.4 Å². The van der Waals surface area contributed by atoms with Crippen molar-refractivity contribution in [2.75, 3.05) is 19.7 Å². The van der Waals surface area contributed by atoms with Crippen LogP contribution >= 0.6 is 11.3 Å². The summed E-state index contributed by atoms with van der Waals surface area (Å²) in [4.78, 5) is 18.9. The van der Waals surface area contributed by atoms with E-state index in [0.29, 0.717) is 25.4 Å². The Morgan fingerprint density at radius 1 is 1.17 bits per heavy atom. The Morgan fingerprint density at radius 2 is 2.03 bits per heavy atom. The monoisotopic (exact) mass is 405 g/mol. The molecule has 1 aliphatic heterocycles. The van der Waals surface area contributed by atoms with E-state index in [1.165, 1.54) is 11.3 Å². The van der Waals surface area contributed by atoms with E-state index in [1.54, 1.807) is 14.8 Å². The summed E-state index contributed by atoms with van der Waals surface area (Å²) in [5, 5.41) is 11.3. The number of pyridine rings is 1. The summed E-state index contributed by atoms with van der Waals surface area (Å²) in [5.74, 6) is -0.0644. The fourth-order valence-electron chi connectivity index (χ4n) is 3.57. The van der Waals surface area contributed by atoms with Crippen molar-refractivity contribution < 1.29 is 9.53 Å². The van der Waals surface area contributed by atoms with Crippen LogP contribution in [-0.2, 0) is 4.74 Å².